The Morgan fingerprint density at radius 2 is 1.84 bits per heavy atom. The number of halogens is 7. The molecule has 1 aromatic carbocycles. The molecule has 0 aliphatic carbocycles. The Hall–Kier alpha value is -1.57. The smallest absolute Gasteiger partial charge is 0.427 e. The minimum absolute atomic E-state index is 0.0534. The van der Waals surface area contributed by atoms with E-state index in [1.165, 1.54) is 22.6 Å². The van der Waals surface area contributed by atoms with Crippen LogP contribution in [0.2, 0.25) is 0 Å². The molecule has 12 heteroatoms. The first-order valence-electron chi connectivity index (χ1n) is 6.18. The molecule has 0 unspecified atom stereocenters. The molecule has 2 rings (SSSR count). The minimum Gasteiger partial charge on any atom is -0.465 e. The van der Waals surface area contributed by atoms with Gasteiger partial charge in [0.25, 0.3) is 0 Å². The van der Waals surface area contributed by atoms with Crippen molar-refractivity contribution in [3.05, 3.63) is 31.8 Å². The fraction of sp³-hybridized carbons (Fsp3) is 0.231. The van der Waals surface area contributed by atoms with Gasteiger partial charge in [-0.25, -0.2) is 9.78 Å². The molecule has 1 aromatic heterocycles. The predicted octanol–water partition coefficient (Wildman–Crippen LogP) is 4.82. The first-order chi connectivity index (χ1) is 11.4. The molecule has 0 aliphatic heterocycles. The number of ether oxygens (including phenoxy) is 1. The number of anilines is 1. The second-order valence-corrected chi connectivity index (χ2v) is 6.70. The number of nitrogens with two attached hydrogens (primary N) is 1. The summed E-state index contributed by atoms with van der Waals surface area (Å²) in [6.45, 7) is 0. The third kappa shape index (κ3) is 3.83. The van der Waals surface area contributed by atoms with Crippen LogP contribution in [0.5, 0.6) is 0 Å². The molecule has 0 aliphatic rings. The van der Waals surface area contributed by atoms with E-state index in [2.05, 4.69) is 9.72 Å². The molecule has 0 bridgehead atoms. The molecule has 1 heterocycles. The molecule has 136 valence electrons. The van der Waals surface area contributed by atoms with Crippen molar-refractivity contribution < 1.29 is 35.9 Å². The largest absolute Gasteiger partial charge is 0.465 e. The Bertz CT molecular complexity index is 831. The van der Waals surface area contributed by atoms with Crippen LogP contribution in [-0.4, -0.2) is 18.1 Å². The Morgan fingerprint density at radius 1 is 1.24 bits per heavy atom. The summed E-state index contributed by atoms with van der Waals surface area (Å²) in [5, 5.41) is -0.507. The summed E-state index contributed by atoms with van der Waals surface area (Å²) in [6, 6.07) is 0.452. The fourth-order valence-electron chi connectivity index (χ4n) is 1.90. The maximum absolute atomic E-state index is 13.4. The summed E-state index contributed by atoms with van der Waals surface area (Å²) < 4.78 is 82.4. The minimum atomic E-state index is -4.95. The highest BCUT2D eigenvalue weighted by Crippen LogP contribution is 2.45. The van der Waals surface area contributed by atoms with Crippen LogP contribution in [0.3, 0.4) is 0 Å². The maximum atomic E-state index is 13.4. The highest BCUT2D eigenvalue weighted by Gasteiger charge is 2.39. The summed E-state index contributed by atoms with van der Waals surface area (Å²) >= 11 is 1.49. The number of thiazole rings is 1. The molecule has 0 saturated heterocycles. The van der Waals surface area contributed by atoms with E-state index in [9.17, 15) is 31.1 Å². The van der Waals surface area contributed by atoms with Gasteiger partial charge in [0.1, 0.15) is 9.88 Å². The number of rotatable bonds is 2. The second-order valence-electron chi connectivity index (χ2n) is 4.59. The lowest BCUT2D eigenvalue weighted by atomic mass is 10.0. The fourth-order valence-corrected chi connectivity index (χ4v) is 3.77. The SMILES string of the molecule is COC(=O)c1cc(C(F)(F)F)c(-c2ncc(C(F)(F)F)s2)c(I)c1N. The van der Waals surface area contributed by atoms with Gasteiger partial charge in [0.15, 0.2) is 0 Å². The quantitative estimate of drug-likeness (QED) is 0.280. The number of methoxy groups -OCH3 is 1. The number of nitrogens with zero attached hydrogens (tertiary/aromatic N) is 1. The number of aromatic nitrogens is 1. The molecule has 0 fully saturated rings. The van der Waals surface area contributed by atoms with E-state index in [1.54, 1.807) is 0 Å². The monoisotopic (exact) mass is 496 g/mol. The molecule has 0 atom stereocenters. The number of carbonyl (C=O) groups is 1. The van der Waals surface area contributed by atoms with Crippen molar-refractivity contribution in [1.29, 1.82) is 0 Å². The number of alkyl halides is 6. The van der Waals surface area contributed by atoms with E-state index in [4.69, 9.17) is 5.73 Å². The van der Waals surface area contributed by atoms with Crippen LogP contribution in [0.4, 0.5) is 32.0 Å². The molecule has 0 saturated carbocycles. The lowest BCUT2D eigenvalue weighted by Gasteiger charge is -2.17. The van der Waals surface area contributed by atoms with E-state index in [0.717, 1.165) is 7.11 Å². The molecule has 2 aromatic rings. The Labute approximate surface area is 154 Å². The normalized spacial score (nSPS) is 12.3. The average molecular weight is 496 g/mol. The lowest BCUT2D eigenvalue weighted by Crippen LogP contribution is -2.15. The van der Waals surface area contributed by atoms with E-state index < -0.39 is 44.9 Å². The Balaban J connectivity index is 2.79. The van der Waals surface area contributed by atoms with Crippen LogP contribution in [-0.2, 0) is 17.1 Å². The van der Waals surface area contributed by atoms with Gasteiger partial charge in [-0.1, -0.05) is 0 Å². The van der Waals surface area contributed by atoms with Crippen molar-refractivity contribution in [2.75, 3.05) is 12.8 Å². The van der Waals surface area contributed by atoms with E-state index in [0.29, 0.717) is 12.3 Å². The maximum Gasteiger partial charge on any atom is 0.427 e. The van der Waals surface area contributed by atoms with Crippen LogP contribution in [0.1, 0.15) is 20.8 Å². The zero-order valence-corrected chi connectivity index (χ0v) is 15.0. The standard InChI is InChI=1S/C13H7F6IN2O2S/c1-24-11(23)4-2-5(12(14,15)16)7(8(20)9(4)21)10-22-3-6(25-10)13(17,18)19/h2-3H,21H2,1H3. The van der Waals surface area contributed by atoms with Gasteiger partial charge in [-0.05, 0) is 28.7 Å². The third-order valence-electron chi connectivity index (χ3n) is 3.01. The Kier molecular flexibility index (Phi) is 5.23. The van der Waals surface area contributed by atoms with E-state index >= 15 is 0 Å². The van der Waals surface area contributed by atoms with Gasteiger partial charge < -0.3 is 10.5 Å². The molecule has 4 nitrogen and oxygen atoms in total. The molecule has 2 N–H and O–H groups in total. The number of esters is 1. The molecule has 0 amide bonds. The summed E-state index contributed by atoms with van der Waals surface area (Å²) in [5.41, 5.74) is 2.88. The van der Waals surface area contributed by atoms with Crippen LogP contribution in [0.25, 0.3) is 10.6 Å². The van der Waals surface area contributed by atoms with E-state index in [-0.39, 0.29) is 20.6 Å². The van der Waals surface area contributed by atoms with Gasteiger partial charge in [-0.3, -0.25) is 0 Å². The van der Waals surface area contributed by atoms with Crippen molar-refractivity contribution in [2.24, 2.45) is 0 Å². The van der Waals surface area contributed by atoms with Gasteiger partial charge in [-0.15, -0.1) is 11.3 Å². The van der Waals surface area contributed by atoms with Gasteiger partial charge >= 0.3 is 18.3 Å². The van der Waals surface area contributed by atoms with Crippen molar-refractivity contribution in [3.63, 3.8) is 0 Å². The van der Waals surface area contributed by atoms with Crippen molar-refractivity contribution in [3.8, 4) is 10.6 Å². The van der Waals surface area contributed by atoms with Crippen LogP contribution >= 0.6 is 33.9 Å². The molecule has 0 radical (unpaired) electrons. The van der Waals surface area contributed by atoms with Gasteiger partial charge in [0.2, 0.25) is 0 Å². The zero-order chi connectivity index (χ0) is 19.2. The first kappa shape index (κ1) is 19.8. The first-order valence-corrected chi connectivity index (χ1v) is 8.08. The number of hydrogen-bond donors (Lipinski definition) is 1. The van der Waals surface area contributed by atoms with E-state index in [1.807, 2.05) is 0 Å². The van der Waals surface area contributed by atoms with Crippen LogP contribution < -0.4 is 5.73 Å². The average Bonchev–Trinajstić information content (AvgIpc) is 2.97. The predicted molar refractivity (Wildman–Crippen MR) is 86.0 cm³/mol. The Morgan fingerprint density at radius 3 is 2.28 bits per heavy atom. The van der Waals surface area contributed by atoms with Gasteiger partial charge in [0, 0.05) is 9.13 Å². The summed E-state index contributed by atoms with van der Waals surface area (Å²) in [6.07, 6.45) is -9.24. The number of hydrogen-bond acceptors (Lipinski definition) is 5. The summed E-state index contributed by atoms with van der Waals surface area (Å²) in [5.74, 6) is -1.09. The summed E-state index contributed by atoms with van der Waals surface area (Å²) in [4.78, 5) is 13.9. The molecule has 25 heavy (non-hydrogen) atoms. The van der Waals surface area contributed by atoms with Crippen molar-refractivity contribution in [1.82, 2.24) is 4.98 Å². The van der Waals surface area contributed by atoms with Crippen LogP contribution in [0, 0.1) is 3.57 Å². The highest BCUT2D eigenvalue weighted by molar-refractivity contribution is 14.1. The van der Waals surface area contributed by atoms with Crippen molar-refractivity contribution >= 4 is 45.6 Å². The second kappa shape index (κ2) is 6.63. The zero-order valence-electron chi connectivity index (χ0n) is 12.0. The molecule has 0 spiro atoms. The summed E-state index contributed by atoms with van der Waals surface area (Å²) in [7, 11) is 0.965. The third-order valence-corrected chi connectivity index (χ3v) is 5.19. The van der Waals surface area contributed by atoms with Crippen LogP contribution in [0.15, 0.2) is 12.3 Å². The number of carbonyl (C=O) groups excluding carboxylic acids is 1. The van der Waals surface area contributed by atoms with Gasteiger partial charge in [-0.2, -0.15) is 26.3 Å². The molecular formula is C13H7F6IN2O2S. The number of nitrogen functional groups attached to an aromatic ring is 1. The topological polar surface area (TPSA) is 65.2 Å². The molecular weight excluding hydrogens is 489 g/mol. The lowest BCUT2D eigenvalue weighted by molar-refractivity contribution is -0.137. The van der Waals surface area contributed by atoms with Crippen molar-refractivity contribution in [2.45, 2.75) is 12.4 Å². The number of benzene rings is 1. The van der Waals surface area contributed by atoms with Gasteiger partial charge in [0.05, 0.1) is 30.1 Å². The highest BCUT2D eigenvalue weighted by atomic mass is 127.